The van der Waals surface area contributed by atoms with E-state index in [9.17, 15) is 9.90 Å². The second-order valence-electron chi connectivity index (χ2n) is 5.85. The Hall–Kier alpha value is -2.93. The lowest BCUT2D eigenvalue weighted by Gasteiger charge is -2.09. The first-order valence-electron chi connectivity index (χ1n) is 8.18. The highest BCUT2D eigenvalue weighted by Gasteiger charge is 2.17. The number of benzene rings is 1. The number of nitrogens with one attached hydrogen (secondary N) is 3. The van der Waals surface area contributed by atoms with Crippen molar-refractivity contribution in [2.75, 3.05) is 20.1 Å². The Labute approximate surface area is 145 Å². The van der Waals surface area contributed by atoms with E-state index in [1.165, 1.54) is 0 Å². The predicted molar refractivity (Wildman–Crippen MR) is 96.6 cm³/mol. The van der Waals surface area contributed by atoms with Gasteiger partial charge in [0.25, 0.3) is 5.91 Å². The molecular weight excluding hydrogens is 318 g/mol. The van der Waals surface area contributed by atoms with Crippen LogP contribution in [0.3, 0.4) is 0 Å². The van der Waals surface area contributed by atoms with Crippen molar-refractivity contribution in [2.24, 2.45) is 0 Å². The fraction of sp³-hybridized carbons (Fsp3) is 0.278. The van der Waals surface area contributed by atoms with Crippen molar-refractivity contribution < 1.29 is 9.90 Å². The van der Waals surface area contributed by atoms with E-state index < -0.39 is 0 Å². The molecule has 0 saturated heterocycles. The maximum Gasteiger partial charge on any atom is 0.252 e. The van der Waals surface area contributed by atoms with E-state index in [1.807, 2.05) is 14.0 Å². The molecule has 3 rings (SSSR count). The van der Waals surface area contributed by atoms with Gasteiger partial charge in [-0.15, -0.1) is 0 Å². The number of phenolic OH excluding ortho intramolecular Hbond substituents is 1. The predicted octanol–water partition coefficient (Wildman–Crippen LogP) is 1.98. The minimum Gasteiger partial charge on any atom is -0.508 e. The van der Waals surface area contributed by atoms with Crippen LogP contribution in [0.15, 0.2) is 30.3 Å². The summed E-state index contributed by atoms with van der Waals surface area (Å²) in [6, 6.07) is 8.49. The molecule has 2 aromatic heterocycles. The number of pyridine rings is 1. The SMILES string of the molecule is CNCCCNC(=O)c1cc(-c2ccc(O)cc2)nc2[nH]nc(C)c12. The summed E-state index contributed by atoms with van der Waals surface area (Å²) in [6.07, 6.45) is 0.853. The molecule has 7 heteroatoms. The first-order valence-corrected chi connectivity index (χ1v) is 8.18. The normalized spacial score (nSPS) is 11.0. The summed E-state index contributed by atoms with van der Waals surface area (Å²) in [5.41, 5.74) is 3.32. The number of nitrogens with zero attached hydrogens (tertiary/aromatic N) is 2. The first kappa shape index (κ1) is 16.9. The van der Waals surface area contributed by atoms with Crippen LogP contribution in [0, 0.1) is 6.92 Å². The highest BCUT2D eigenvalue weighted by Crippen LogP contribution is 2.26. The lowest BCUT2D eigenvalue weighted by atomic mass is 10.0. The molecule has 0 spiro atoms. The first-order chi connectivity index (χ1) is 12.1. The summed E-state index contributed by atoms with van der Waals surface area (Å²) in [5, 5.41) is 23.2. The molecule has 1 aromatic carbocycles. The van der Waals surface area contributed by atoms with Crippen LogP contribution in [-0.2, 0) is 0 Å². The van der Waals surface area contributed by atoms with Crippen LogP contribution in [0.5, 0.6) is 5.75 Å². The molecule has 1 amide bonds. The number of hydrogen-bond donors (Lipinski definition) is 4. The molecule has 4 N–H and O–H groups in total. The monoisotopic (exact) mass is 339 g/mol. The third-order valence-electron chi connectivity index (χ3n) is 4.01. The molecule has 0 aliphatic carbocycles. The fourth-order valence-electron chi connectivity index (χ4n) is 2.71. The summed E-state index contributed by atoms with van der Waals surface area (Å²) >= 11 is 0. The Kier molecular flexibility index (Phi) is 4.95. The number of fused-ring (bicyclic) bond motifs is 1. The van der Waals surface area contributed by atoms with Crippen LogP contribution in [0.4, 0.5) is 0 Å². The van der Waals surface area contributed by atoms with E-state index in [-0.39, 0.29) is 11.7 Å². The van der Waals surface area contributed by atoms with Crippen LogP contribution in [-0.4, -0.2) is 46.3 Å². The van der Waals surface area contributed by atoms with Gasteiger partial charge in [-0.25, -0.2) is 4.98 Å². The third kappa shape index (κ3) is 3.61. The molecule has 3 aromatic rings. The average molecular weight is 339 g/mol. The quantitative estimate of drug-likeness (QED) is 0.514. The number of aryl methyl sites for hydroxylation is 1. The van der Waals surface area contributed by atoms with Gasteiger partial charge in [0.15, 0.2) is 5.65 Å². The van der Waals surface area contributed by atoms with Gasteiger partial charge in [-0.05, 0) is 57.3 Å². The van der Waals surface area contributed by atoms with Crippen molar-refractivity contribution in [2.45, 2.75) is 13.3 Å². The van der Waals surface area contributed by atoms with Crippen molar-refractivity contribution in [1.82, 2.24) is 25.8 Å². The van der Waals surface area contributed by atoms with Crippen LogP contribution >= 0.6 is 0 Å². The highest BCUT2D eigenvalue weighted by molar-refractivity contribution is 6.07. The molecule has 0 saturated carbocycles. The maximum atomic E-state index is 12.7. The summed E-state index contributed by atoms with van der Waals surface area (Å²) in [4.78, 5) is 17.2. The molecule has 0 aliphatic rings. The molecule has 0 unspecified atom stereocenters. The number of hydrogen-bond acceptors (Lipinski definition) is 5. The van der Waals surface area contributed by atoms with Crippen molar-refractivity contribution in [3.05, 3.63) is 41.6 Å². The smallest absolute Gasteiger partial charge is 0.252 e. The molecule has 0 radical (unpaired) electrons. The van der Waals surface area contributed by atoms with E-state index in [0.29, 0.717) is 23.4 Å². The van der Waals surface area contributed by atoms with E-state index in [0.717, 1.165) is 29.6 Å². The Balaban J connectivity index is 1.98. The lowest BCUT2D eigenvalue weighted by Crippen LogP contribution is -2.27. The van der Waals surface area contributed by atoms with Crippen LogP contribution in [0.2, 0.25) is 0 Å². The van der Waals surface area contributed by atoms with Crippen LogP contribution < -0.4 is 10.6 Å². The van der Waals surface area contributed by atoms with E-state index >= 15 is 0 Å². The van der Waals surface area contributed by atoms with Gasteiger partial charge in [-0.2, -0.15) is 5.10 Å². The van der Waals surface area contributed by atoms with Gasteiger partial charge in [-0.1, -0.05) is 0 Å². The van der Waals surface area contributed by atoms with Gasteiger partial charge >= 0.3 is 0 Å². The van der Waals surface area contributed by atoms with Gasteiger partial charge in [0.1, 0.15) is 5.75 Å². The van der Waals surface area contributed by atoms with Gasteiger partial charge in [-0.3, -0.25) is 9.89 Å². The zero-order chi connectivity index (χ0) is 17.8. The second kappa shape index (κ2) is 7.31. The third-order valence-corrected chi connectivity index (χ3v) is 4.01. The van der Waals surface area contributed by atoms with E-state index in [2.05, 4.69) is 25.8 Å². The molecule has 7 nitrogen and oxygen atoms in total. The number of aromatic amines is 1. The highest BCUT2D eigenvalue weighted by atomic mass is 16.3. The standard InChI is InChI=1S/C18H21N5O2/c1-11-16-14(18(25)20-9-3-8-19-2)10-15(21-17(16)23-22-11)12-4-6-13(24)7-5-12/h4-7,10,19,24H,3,8-9H2,1-2H3,(H,20,25)(H,21,22,23). The van der Waals surface area contributed by atoms with Crippen molar-refractivity contribution in [3.8, 4) is 17.0 Å². The van der Waals surface area contributed by atoms with Gasteiger partial charge in [0.05, 0.1) is 22.3 Å². The number of rotatable bonds is 6. The fourth-order valence-corrected chi connectivity index (χ4v) is 2.71. The molecule has 2 heterocycles. The molecule has 0 fully saturated rings. The van der Waals surface area contributed by atoms with Crippen LogP contribution in [0.1, 0.15) is 22.5 Å². The lowest BCUT2D eigenvalue weighted by molar-refractivity contribution is 0.0955. The largest absolute Gasteiger partial charge is 0.508 e. The van der Waals surface area contributed by atoms with Gasteiger partial charge < -0.3 is 15.7 Å². The number of aromatic nitrogens is 3. The van der Waals surface area contributed by atoms with E-state index in [4.69, 9.17) is 0 Å². The molecule has 0 aliphatic heterocycles. The summed E-state index contributed by atoms with van der Waals surface area (Å²) < 4.78 is 0. The minimum absolute atomic E-state index is 0.145. The maximum absolute atomic E-state index is 12.7. The summed E-state index contributed by atoms with van der Waals surface area (Å²) in [6.45, 7) is 3.28. The topological polar surface area (TPSA) is 103 Å². The Morgan fingerprint density at radius 3 is 2.72 bits per heavy atom. The Morgan fingerprint density at radius 2 is 2.00 bits per heavy atom. The number of aromatic hydroxyl groups is 1. The van der Waals surface area contributed by atoms with Crippen molar-refractivity contribution >= 4 is 16.9 Å². The molecule has 0 atom stereocenters. The van der Waals surface area contributed by atoms with Crippen molar-refractivity contribution in [3.63, 3.8) is 0 Å². The number of H-pyrrole nitrogens is 1. The minimum atomic E-state index is -0.145. The molecular formula is C18H21N5O2. The average Bonchev–Trinajstić information content (AvgIpc) is 2.99. The van der Waals surface area contributed by atoms with Crippen LogP contribution in [0.25, 0.3) is 22.3 Å². The summed E-state index contributed by atoms with van der Waals surface area (Å²) in [5.74, 6) is 0.0396. The zero-order valence-corrected chi connectivity index (χ0v) is 14.3. The summed E-state index contributed by atoms with van der Waals surface area (Å²) in [7, 11) is 1.88. The Bertz CT molecular complexity index is 886. The van der Waals surface area contributed by atoms with E-state index in [1.54, 1.807) is 30.3 Å². The molecule has 0 bridgehead atoms. The second-order valence-corrected chi connectivity index (χ2v) is 5.85. The van der Waals surface area contributed by atoms with Gasteiger partial charge in [0.2, 0.25) is 0 Å². The number of carbonyl (C=O) groups excluding carboxylic acids is 1. The number of carbonyl (C=O) groups is 1. The van der Waals surface area contributed by atoms with Gasteiger partial charge in [0, 0.05) is 12.1 Å². The van der Waals surface area contributed by atoms with Crippen molar-refractivity contribution in [1.29, 1.82) is 0 Å². The Morgan fingerprint density at radius 1 is 1.24 bits per heavy atom. The number of phenols is 1. The number of amides is 1. The zero-order valence-electron chi connectivity index (χ0n) is 14.3. The molecule has 25 heavy (non-hydrogen) atoms. The molecule has 130 valence electrons.